The quantitative estimate of drug-likeness (QED) is 0.508. The van der Waals surface area contributed by atoms with E-state index >= 15 is 0 Å². The fraction of sp³-hybridized carbons (Fsp3) is 0.444. The third-order valence-corrected chi connectivity index (χ3v) is 7.07. The predicted molar refractivity (Wildman–Crippen MR) is 128 cm³/mol. The third-order valence-electron chi connectivity index (χ3n) is 7.07. The molecule has 2 aliphatic carbocycles. The van der Waals surface area contributed by atoms with E-state index < -0.39 is 23.6 Å². The SMILES string of the molecule is CC(C)C(CC(=O)O)NC(=O)CC1(NC(=O)OCC2c3ccccc3-c3ccccc32)CCC1. The molecule has 2 amide bonds. The molecule has 180 valence electrons. The Hall–Kier alpha value is -3.35. The van der Waals surface area contributed by atoms with Crippen LogP contribution in [-0.4, -0.2) is 41.3 Å². The van der Waals surface area contributed by atoms with Crippen LogP contribution < -0.4 is 10.6 Å². The summed E-state index contributed by atoms with van der Waals surface area (Å²) in [6, 6.07) is 15.9. The largest absolute Gasteiger partial charge is 0.481 e. The van der Waals surface area contributed by atoms with E-state index in [1.807, 2.05) is 38.1 Å². The lowest BCUT2D eigenvalue weighted by Crippen LogP contribution is -2.56. The first-order chi connectivity index (χ1) is 16.3. The number of rotatable bonds is 9. The molecule has 2 aliphatic rings. The van der Waals surface area contributed by atoms with E-state index in [1.54, 1.807) is 0 Å². The summed E-state index contributed by atoms with van der Waals surface area (Å²) in [5, 5.41) is 14.9. The summed E-state index contributed by atoms with van der Waals surface area (Å²) in [6.45, 7) is 3.97. The van der Waals surface area contributed by atoms with Crippen LogP contribution in [-0.2, 0) is 14.3 Å². The molecule has 2 aromatic carbocycles. The molecule has 0 bridgehead atoms. The second-order valence-corrected chi connectivity index (χ2v) is 9.78. The number of ether oxygens (including phenoxy) is 1. The molecular formula is C27H32N2O5. The summed E-state index contributed by atoms with van der Waals surface area (Å²) in [5.41, 5.74) is 3.98. The summed E-state index contributed by atoms with van der Waals surface area (Å²) < 4.78 is 5.67. The molecule has 0 radical (unpaired) electrons. The molecule has 0 aromatic heterocycles. The van der Waals surface area contributed by atoms with Crippen LogP contribution in [0.3, 0.4) is 0 Å². The second kappa shape index (κ2) is 9.87. The van der Waals surface area contributed by atoms with Crippen molar-refractivity contribution in [1.29, 1.82) is 0 Å². The van der Waals surface area contributed by atoms with Crippen molar-refractivity contribution in [2.24, 2.45) is 5.92 Å². The Kier molecular flexibility index (Phi) is 6.91. The van der Waals surface area contributed by atoms with E-state index in [9.17, 15) is 14.4 Å². The van der Waals surface area contributed by atoms with Crippen LogP contribution in [0, 0.1) is 5.92 Å². The van der Waals surface area contributed by atoms with Crippen LogP contribution in [0.25, 0.3) is 11.1 Å². The van der Waals surface area contributed by atoms with Gasteiger partial charge in [-0.15, -0.1) is 0 Å². The minimum atomic E-state index is -0.950. The van der Waals surface area contributed by atoms with Crippen LogP contribution in [0.4, 0.5) is 4.79 Å². The van der Waals surface area contributed by atoms with Gasteiger partial charge in [0.25, 0.3) is 0 Å². The molecule has 0 spiro atoms. The van der Waals surface area contributed by atoms with Gasteiger partial charge in [-0.1, -0.05) is 62.4 Å². The number of hydrogen-bond donors (Lipinski definition) is 3. The van der Waals surface area contributed by atoms with Crippen molar-refractivity contribution in [3.63, 3.8) is 0 Å². The van der Waals surface area contributed by atoms with Gasteiger partial charge in [-0.2, -0.15) is 0 Å². The van der Waals surface area contributed by atoms with E-state index in [2.05, 4.69) is 34.9 Å². The van der Waals surface area contributed by atoms with E-state index in [4.69, 9.17) is 9.84 Å². The van der Waals surface area contributed by atoms with Crippen LogP contribution in [0.5, 0.6) is 0 Å². The van der Waals surface area contributed by atoms with Gasteiger partial charge in [-0.3, -0.25) is 9.59 Å². The first-order valence-corrected chi connectivity index (χ1v) is 11.9. The molecule has 2 aromatic rings. The number of carboxylic acid groups (broad SMARTS) is 1. The molecule has 0 saturated heterocycles. The lowest BCUT2D eigenvalue weighted by molar-refractivity contribution is -0.138. The smallest absolute Gasteiger partial charge is 0.407 e. The Morgan fingerprint density at radius 3 is 2.12 bits per heavy atom. The Balaban J connectivity index is 1.36. The molecule has 1 unspecified atom stereocenters. The van der Waals surface area contributed by atoms with Crippen molar-refractivity contribution in [2.75, 3.05) is 6.61 Å². The predicted octanol–water partition coefficient (Wildman–Crippen LogP) is 4.45. The number of carbonyl (C=O) groups is 3. The van der Waals surface area contributed by atoms with Gasteiger partial charge in [0, 0.05) is 18.4 Å². The van der Waals surface area contributed by atoms with Gasteiger partial charge in [0.15, 0.2) is 0 Å². The molecule has 1 saturated carbocycles. The first kappa shape index (κ1) is 23.8. The summed E-state index contributed by atoms with van der Waals surface area (Å²) in [6.07, 6.45) is 1.75. The molecule has 4 rings (SSSR count). The topological polar surface area (TPSA) is 105 Å². The summed E-state index contributed by atoms with van der Waals surface area (Å²) in [4.78, 5) is 36.5. The summed E-state index contributed by atoms with van der Waals surface area (Å²) in [5.74, 6) is -1.23. The van der Waals surface area contributed by atoms with E-state index in [-0.39, 0.29) is 37.2 Å². The molecule has 3 N–H and O–H groups in total. The van der Waals surface area contributed by atoms with Crippen molar-refractivity contribution >= 4 is 18.0 Å². The molecule has 7 heteroatoms. The summed E-state index contributed by atoms with van der Waals surface area (Å²) >= 11 is 0. The van der Waals surface area contributed by atoms with Crippen molar-refractivity contribution in [1.82, 2.24) is 10.6 Å². The van der Waals surface area contributed by atoms with Gasteiger partial charge >= 0.3 is 12.1 Å². The number of amides is 2. The van der Waals surface area contributed by atoms with Gasteiger partial charge in [0.05, 0.1) is 12.0 Å². The number of benzene rings is 2. The highest BCUT2D eigenvalue weighted by molar-refractivity contribution is 5.81. The van der Waals surface area contributed by atoms with Gasteiger partial charge in [0.2, 0.25) is 5.91 Å². The van der Waals surface area contributed by atoms with Crippen molar-refractivity contribution in [2.45, 2.75) is 63.5 Å². The zero-order valence-corrected chi connectivity index (χ0v) is 19.7. The molecule has 1 fully saturated rings. The van der Waals surface area contributed by atoms with E-state index in [1.165, 1.54) is 11.1 Å². The maximum atomic E-state index is 12.7. The van der Waals surface area contributed by atoms with E-state index in [0.717, 1.165) is 17.5 Å². The highest BCUT2D eigenvalue weighted by Gasteiger charge is 2.41. The molecule has 34 heavy (non-hydrogen) atoms. The minimum absolute atomic E-state index is 0.00696. The van der Waals surface area contributed by atoms with Gasteiger partial charge < -0.3 is 20.5 Å². The lowest BCUT2D eigenvalue weighted by atomic mass is 9.74. The zero-order valence-electron chi connectivity index (χ0n) is 19.7. The Morgan fingerprint density at radius 2 is 1.62 bits per heavy atom. The van der Waals surface area contributed by atoms with Crippen LogP contribution in [0.1, 0.15) is 63.0 Å². The number of nitrogens with one attached hydrogen (secondary N) is 2. The number of carboxylic acids is 1. The van der Waals surface area contributed by atoms with Gasteiger partial charge in [-0.25, -0.2) is 4.79 Å². The Labute approximate surface area is 199 Å². The number of fused-ring (bicyclic) bond motifs is 3. The minimum Gasteiger partial charge on any atom is -0.481 e. The van der Waals surface area contributed by atoms with Crippen molar-refractivity contribution < 1.29 is 24.2 Å². The molecule has 0 aliphatic heterocycles. The maximum absolute atomic E-state index is 12.7. The monoisotopic (exact) mass is 464 g/mol. The number of aliphatic carboxylic acids is 1. The molecule has 0 heterocycles. The number of carbonyl (C=O) groups excluding carboxylic acids is 2. The highest BCUT2D eigenvalue weighted by Crippen LogP contribution is 2.44. The fourth-order valence-electron chi connectivity index (χ4n) is 5.01. The average molecular weight is 465 g/mol. The zero-order chi connectivity index (χ0) is 24.3. The standard InChI is InChI=1S/C27H32N2O5/c1-17(2)23(14-25(31)32)28-24(30)15-27(12-7-13-27)29-26(33)34-16-22-20-10-5-3-8-18(20)19-9-4-6-11-21(19)22/h3-6,8-11,17,22-23H,7,12-16H2,1-2H3,(H,28,30)(H,29,33)(H,31,32). The molecular weight excluding hydrogens is 432 g/mol. The second-order valence-electron chi connectivity index (χ2n) is 9.78. The maximum Gasteiger partial charge on any atom is 0.407 e. The van der Waals surface area contributed by atoms with Crippen LogP contribution in [0.2, 0.25) is 0 Å². The van der Waals surface area contributed by atoms with Crippen LogP contribution in [0.15, 0.2) is 48.5 Å². The van der Waals surface area contributed by atoms with E-state index in [0.29, 0.717) is 12.8 Å². The van der Waals surface area contributed by atoms with Gasteiger partial charge in [-0.05, 0) is 47.4 Å². The molecule has 1 atom stereocenters. The number of alkyl carbamates (subject to hydrolysis) is 1. The first-order valence-electron chi connectivity index (χ1n) is 11.9. The van der Waals surface area contributed by atoms with Gasteiger partial charge in [0.1, 0.15) is 6.61 Å². The average Bonchev–Trinajstić information content (AvgIpc) is 3.09. The summed E-state index contributed by atoms with van der Waals surface area (Å²) in [7, 11) is 0. The van der Waals surface area contributed by atoms with Crippen molar-refractivity contribution in [3.05, 3.63) is 59.7 Å². The van der Waals surface area contributed by atoms with Crippen LogP contribution >= 0.6 is 0 Å². The molecule has 7 nitrogen and oxygen atoms in total. The Bertz CT molecular complexity index is 1030. The highest BCUT2D eigenvalue weighted by atomic mass is 16.5. The Morgan fingerprint density at radius 1 is 1.03 bits per heavy atom. The fourth-order valence-corrected chi connectivity index (χ4v) is 5.01. The lowest BCUT2D eigenvalue weighted by Gasteiger charge is -2.42. The third kappa shape index (κ3) is 5.08. The number of hydrogen-bond acceptors (Lipinski definition) is 4. The van der Waals surface area contributed by atoms with Crippen molar-refractivity contribution in [3.8, 4) is 11.1 Å². The normalized spacial score (nSPS) is 16.7.